The predicted molar refractivity (Wildman–Crippen MR) is 126 cm³/mol. The van der Waals surface area contributed by atoms with Gasteiger partial charge in [-0.2, -0.15) is 0 Å². The maximum atomic E-state index is 12.8. The Balaban J connectivity index is 2.05. The van der Waals surface area contributed by atoms with Crippen LogP contribution in [0.2, 0.25) is 0 Å². The minimum atomic E-state index is -1.14. The number of hydrogen-bond acceptors (Lipinski definition) is 4. The van der Waals surface area contributed by atoms with Gasteiger partial charge in [-0.15, -0.1) is 0 Å². The summed E-state index contributed by atoms with van der Waals surface area (Å²) in [7, 11) is 0. The van der Waals surface area contributed by atoms with Gasteiger partial charge in [0.05, 0.1) is 5.69 Å². The summed E-state index contributed by atoms with van der Waals surface area (Å²) in [6.07, 6.45) is 1.89. The topological polar surface area (TPSA) is 131 Å². The molecular formula is C25H33N3O4. The van der Waals surface area contributed by atoms with Gasteiger partial charge in [0.15, 0.2) is 5.96 Å². The van der Waals surface area contributed by atoms with Crippen LogP contribution in [-0.2, 0) is 17.6 Å². The maximum absolute atomic E-state index is 12.8. The van der Waals surface area contributed by atoms with Crippen molar-refractivity contribution < 1.29 is 19.7 Å². The molecule has 2 atom stereocenters. The fourth-order valence-corrected chi connectivity index (χ4v) is 4.91. The molecule has 0 saturated heterocycles. The number of ether oxygens (including phenoxy) is 1. The van der Waals surface area contributed by atoms with Crippen LogP contribution in [0.25, 0.3) is 0 Å². The van der Waals surface area contributed by atoms with Crippen molar-refractivity contribution in [1.29, 1.82) is 0 Å². The largest absolute Gasteiger partial charge is 0.507 e. The zero-order valence-electron chi connectivity index (χ0n) is 19.5. The molecule has 0 aromatic heterocycles. The lowest BCUT2D eigenvalue weighted by atomic mass is 9.64. The van der Waals surface area contributed by atoms with Crippen LogP contribution in [0, 0.1) is 26.2 Å². The molecule has 2 aromatic carbocycles. The average Bonchev–Trinajstić information content (AvgIpc) is 2.75. The summed E-state index contributed by atoms with van der Waals surface area (Å²) in [4.78, 5) is 16.8. The van der Waals surface area contributed by atoms with Crippen LogP contribution in [-0.4, -0.2) is 27.7 Å². The van der Waals surface area contributed by atoms with Gasteiger partial charge in [0.1, 0.15) is 22.5 Å². The number of carbonyl (C=O) groups is 1. The minimum absolute atomic E-state index is 0.0278. The van der Waals surface area contributed by atoms with E-state index in [1.165, 1.54) is 0 Å². The number of hydrogen-bond donors (Lipinski definition) is 4. The summed E-state index contributed by atoms with van der Waals surface area (Å²) in [6.45, 7) is 9.45. The van der Waals surface area contributed by atoms with Crippen molar-refractivity contribution in [2.24, 2.45) is 21.9 Å². The molecule has 1 aliphatic heterocycles. The van der Waals surface area contributed by atoms with Gasteiger partial charge in [0, 0.05) is 5.56 Å². The van der Waals surface area contributed by atoms with E-state index in [0.717, 1.165) is 27.8 Å². The van der Waals surface area contributed by atoms with E-state index in [9.17, 15) is 15.0 Å². The number of phenols is 1. The van der Waals surface area contributed by atoms with E-state index in [2.05, 4.69) is 4.99 Å². The van der Waals surface area contributed by atoms with Crippen LogP contribution in [0.15, 0.2) is 29.3 Å². The second-order valence-corrected chi connectivity index (χ2v) is 8.98. The molecular weight excluding hydrogens is 406 g/mol. The van der Waals surface area contributed by atoms with Gasteiger partial charge in [-0.3, -0.25) is 4.79 Å². The van der Waals surface area contributed by atoms with Gasteiger partial charge >= 0.3 is 5.97 Å². The van der Waals surface area contributed by atoms with Crippen LogP contribution >= 0.6 is 0 Å². The quantitative estimate of drug-likeness (QED) is 0.397. The molecule has 6 N–H and O–H groups in total. The third kappa shape index (κ3) is 3.76. The first kappa shape index (κ1) is 23.4. The van der Waals surface area contributed by atoms with Crippen molar-refractivity contribution >= 4 is 17.6 Å². The van der Waals surface area contributed by atoms with Crippen molar-refractivity contribution in [2.75, 3.05) is 0 Å². The van der Waals surface area contributed by atoms with Gasteiger partial charge in [-0.25, -0.2) is 4.99 Å². The zero-order chi connectivity index (χ0) is 23.8. The van der Waals surface area contributed by atoms with Crippen LogP contribution in [0.4, 0.5) is 5.69 Å². The molecule has 0 saturated carbocycles. The number of aromatic hydroxyl groups is 1. The van der Waals surface area contributed by atoms with E-state index in [4.69, 9.17) is 16.2 Å². The number of phenolic OH excluding ortho intramolecular Hbond substituents is 1. The SMILES string of the molecule is CCC(Cc1ccc(N=C(N)N)cc1)(C(=O)O)C1(C)CCc2c(C)c(O)c(C)c(C)c2O1. The molecule has 0 bridgehead atoms. The predicted octanol–water partition coefficient (Wildman–Crippen LogP) is 4.03. The Kier molecular flexibility index (Phi) is 6.13. The number of nitrogens with two attached hydrogens (primary N) is 2. The number of aliphatic imine (C=N–C) groups is 1. The Morgan fingerprint density at radius 1 is 1.16 bits per heavy atom. The van der Waals surface area contributed by atoms with Gasteiger partial charge < -0.3 is 26.4 Å². The molecule has 0 amide bonds. The molecule has 0 spiro atoms. The smallest absolute Gasteiger partial charge is 0.314 e. The molecule has 2 aromatic rings. The van der Waals surface area contributed by atoms with E-state index in [1.54, 1.807) is 12.1 Å². The van der Waals surface area contributed by atoms with Crippen molar-refractivity contribution in [2.45, 2.75) is 65.9 Å². The van der Waals surface area contributed by atoms with Crippen LogP contribution in [0.1, 0.15) is 54.5 Å². The van der Waals surface area contributed by atoms with Crippen LogP contribution in [0.5, 0.6) is 11.5 Å². The lowest BCUT2D eigenvalue weighted by Crippen LogP contribution is -2.57. The molecule has 32 heavy (non-hydrogen) atoms. The molecule has 7 nitrogen and oxygen atoms in total. The number of aliphatic carboxylic acids is 1. The van der Waals surface area contributed by atoms with Crippen LogP contribution < -0.4 is 16.2 Å². The zero-order valence-corrected chi connectivity index (χ0v) is 19.5. The van der Waals surface area contributed by atoms with Crippen LogP contribution in [0.3, 0.4) is 0 Å². The summed E-state index contributed by atoms with van der Waals surface area (Å²) in [5, 5.41) is 20.9. The standard InChI is InChI=1S/C25H33N3O4/c1-6-25(22(30)31,13-17-7-9-18(10-8-17)28-23(26)27)24(5)12-11-19-16(4)20(29)14(2)15(3)21(19)32-24/h7-10,29H,6,11-13H2,1-5H3,(H,30,31)(H4,26,27,28). The fourth-order valence-electron chi connectivity index (χ4n) is 4.91. The van der Waals surface area contributed by atoms with Gasteiger partial charge in [-0.1, -0.05) is 19.1 Å². The Morgan fingerprint density at radius 2 is 1.78 bits per heavy atom. The number of carboxylic acid groups (broad SMARTS) is 1. The molecule has 3 rings (SSSR count). The average molecular weight is 440 g/mol. The number of fused-ring (bicyclic) bond motifs is 1. The van der Waals surface area contributed by atoms with E-state index in [1.807, 2.05) is 46.8 Å². The molecule has 1 aliphatic rings. The second-order valence-electron chi connectivity index (χ2n) is 8.98. The summed E-state index contributed by atoms with van der Waals surface area (Å²) in [6, 6.07) is 7.26. The number of benzene rings is 2. The summed E-state index contributed by atoms with van der Waals surface area (Å²) < 4.78 is 6.59. The number of carboxylic acids is 1. The van der Waals surface area contributed by atoms with Gasteiger partial charge in [-0.05, 0) is 87.8 Å². The first-order valence-corrected chi connectivity index (χ1v) is 10.9. The second kappa shape index (κ2) is 8.37. The molecule has 0 fully saturated rings. The Labute approximate surface area is 189 Å². The highest BCUT2D eigenvalue weighted by molar-refractivity contribution is 5.79. The van der Waals surface area contributed by atoms with Crippen molar-refractivity contribution in [3.05, 3.63) is 52.1 Å². The molecule has 0 aliphatic carbocycles. The number of guanidine groups is 1. The highest BCUT2D eigenvalue weighted by atomic mass is 16.5. The van der Waals surface area contributed by atoms with E-state index < -0.39 is 17.0 Å². The van der Waals surface area contributed by atoms with E-state index in [0.29, 0.717) is 37.1 Å². The lowest BCUT2D eigenvalue weighted by molar-refractivity contribution is -0.166. The molecule has 2 unspecified atom stereocenters. The molecule has 7 heteroatoms. The van der Waals surface area contributed by atoms with Crippen molar-refractivity contribution in [3.8, 4) is 11.5 Å². The van der Waals surface area contributed by atoms with E-state index >= 15 is 0 Å². The minimum Gasteiger partial charge on any atom is -0.507 e. The maximum Gasteiger partial charge on any atom is 0.314 e. The first-order valence-electron chi connectivity index (χ1n) is 10.9. The first-order chi connectivity index (χ1) is 15.0. The molecule has 172 valence electrons. The molecule has 0 radical (unpaired) electrons. The number of rotatable bonds is 6. The number of nitrogens with zero attached hydrogens (tertiary/aromatic N) is 1. The highest BCUT2D eigenvalue weighted by Crippen LogP contribution is 2.51. The summed E-state index contributed by atoms with van der Waals surface area (Å²) in [5.74, 6) is 0.0760. The fraction of sp³-hybridized carbons (Fsp3) is 0.440. The third-order valence-corrected chi connectivity index (χ3v) is 7.25. The Hall–Kier alpha value is -3.22. The normalized spacial score (nSPS) is 19.4. The lowest BCUT2D eigenvalue weighted by Gasteiger charge is -2.48. The summed E-state index contributed by atoms with van der Waals surface area (Å²) in [5.41, 5.74) is 13.7. The van der Waals surface area contributed by atoms with Gasteiger partial charge in [0.2, 0.25) is 0 Å². The third-order valence-electron chi connectivity index (χ3n) is 7.25. The summed E-state index contributed by atoms with van der Waals surface area (Å²) >= 11 is 0. The monoisotopic (exact) mass is 439 g/mol. The Bertz CT molecular complexity index is 1070. The van der Waals surface area contributed by atoms with Crippen molar-refractivity contribution in [1.82, 2.24) is 0 Å². The molecule has 1 heterocycles. The van der Waals surface area contributed by atoms with Crippen molar-refractivity contribution in [3.63, 3.8) is 0 Å². The Morgan fingerprint density at radius 3 is 2.31 bits per heavy atom. The van der Waals surface area contributed by atoms with E-state index in [-0.39, 0.29) is 11.7 Å². The highest BCUT2D eigenvalue weighted by Gasteiger charge is 2.56. The van der Waals surface area contributed by atoms with Gasteiger partial charge in [0.25, 0.3) is 0 Å².